The SMILES string of the molecule is CCOC(=O)CC(C)CCBr. The molecule has 1 atom stereocenters. The van der Waals surface area contributed by atoms with Crippen LogP contribution < -0.4 is 0 Å². The van der Waals surface area contributed by atoms with Crippen molar-refractivity contribution in [1.82, 2.24) is 0 Å². The Morgan fingerprint density at radius 3 is 2.73 bits per heavy atom. The van der Waals surface area contributed by atoms with Gasteiger partial charge in [-0.25, -0.2) is 0 Å². The fourth-order valence-electron chi connectivity index (χ4n) is 0.793. The first-order valence-electron chi connectivity index (χ1n) is 3.92. The molecule has 0 N–H and O–H groups in total. The lowest BCUT2D eigenvalue weighted by atomic mass is 10.1. The number of carbonyl (C=O) groups is 1. The second-order valence-electron chi connectivity index (χ2n) is 2.59. The van der Waals surface area contributed by atoms with E-state index in [4.69, 9.17) is 4.74 Å². The van der Waals surface area contributed by atoms with Crippen LogP contribution in [0.2, 0.25) is 0 Å². The maximum absolute atomic E-state index is 10.9. The Bertz CT molecular complexity index is 115. The van der Waals surface area contributed by atoms with E-state index in [1.165, 1.54) is 0 Å². The molecule has 0 amide bonds. The third kappa shape index (κ3) is 6.35. The molecule has 0 saturated heterocycles. The number of hydrogen-bond acceptors (Lipinski definition) is 2. The van der Waals surface area contributed by atoms with Crippen LogP contribution in [-0.2, 0) is 9.53 Å². The Morgan fingerprint density at radius 2 is 2.27 bits per heavy atom. The molecule has 0 saturated carbocycles. The summed E-state index contributed by atoms with van der Waals surface area (Å²) < 4.78 is 4.80. The van der Waals surface area contributed by atoms with Crippen molar-refractivity contribution in [2.24, 2.45) is 5.92 Å². The number of esters is 1. The van der Waals surface area contributed by atoms with Gasteiger partial charge in [-0.3, -0.25) is 4.79 Å². The molecule has 0 spiro atoms. The summed E-state index contributed by atoms with van der Waals surface area (Å²) in [7, 11) is 0. The summed E-state index contributed by atoms with van der Waals surface area (Å²) in [5.74, 6) is 0.342. The summed E-state index contributed by atoms with van der Waals surface area (Å²) in [5.41, 5.74) is 0. The summed E-state index contributed by atoms with van der Waals surface area (Å²) >= 11 is 3.33. The van der Waals surface area contributed by atoms with Crippen LogP contribution in [0.1, 0.15) is 26.7 Å². The molecule has 0 heterocycles. The minimum absolute atomic E-state index is 0.0825. The largest absolute Gasteiger partial charge is 0.466 e. The van der Waals surface area contributed by atoms with Crippen molar-refractivity contribution < 1.29 is 9.53 Å². The van der Waals surface area contributed by atoms with Crippen LogP contribution in [0.15, 0.2) is 0 Å². The van der Waals surface area contributed by atoms with Crippen molar-refractivity contribution in [3.8, 4) is 0 Å². The van der Waals surface area contributed by atoms with Gasteiger partial charge in [0.15, 0.2) is 0 Å². The molecule has 0 aliphatic carbocycles. The van der Waals surface area contributed by atoms with E-state index < -0.39 is 0 Å². The van der Waals surface area contributed by atoms with Gasteiger partial charge < -0.3 is 4.74 Å². The number of hydrogen-bond donors (Lipinski definition) is 0. The average Bonchev–Trinajstić information content (AvgIpc) is 1.87. The minimum Gasteiger partial charge on any atom is -0.466 e. The van der Waals surface area contributed by atoms with Gasteiger partial charge in [0.2, 0.25) is 0 Å². The van der Waals surface area contributed by atoms with E-state index in [0.717, 1.165) is 11.8 Å². The third-order valence-electron chi connectivity index (χ3n) is 1.42. The molecular weight excluding hydrogens is 208 g/mol. The molecule has 0 bridgehead atoms. The molecule has 11 heavy (non-hydrogen) atoms. The molecule has 2 nitrogen and oxygen atoms in total. The van der Waals surface area contributed by atoms with Crippen LogP contribution >= 0.6 is 15.9 Å². The molecule has 0 aliphatic heterocycles. The highest BCUT2D eigenvalue weighted by Gasteiger charge is 2.08. The Morgan fingerprint density at radius 1 is 1.64 bits per heavy atom. The van der Waals surface area contributed by atoms with E-state index in [-0.39, 0.29) is 5.97 Å². The van der Waals surface area contributed by atoms with Gasteiger partial charge in [0.05, 0.1) is 6.61 Å². The summed E-state index contributed by atoms with van der Waals surface area (Å²) in [4.78, 5) is 10.9. The fourth-order valence-corrected chi connectivity index (χ4v) is 1.57. The molecule has 3 heteroatoms. The van der Waals surface area contributed by atoms with Crippen LogP contribution in [0.25, 0.3) is 0 Å². The van der Waals surface area contributed by atoms with Gasteiger partial charge in [0, 0.05) is 11.8 Å². The second-order valence-corrected chi connectivity index (χ2v) is 3.38. The van der Waals surface area contributed by atoms with Gasteiger partial charge in [-0.1, -0.05) is 22.9 Å². The summed E-state index contributed by atoms with van der Waals surface area (Å²) in [6.45, 7) is 4.37. The quantitative estimate of drug-likeness (QED) is 0.528. The number of rotatable bonds is 5. The van der Waals surface area contributed by atoms with E-state index in [1.807, 2.05) is 6.92 Å². The van der Waals surface area contributed by atoms with Crippen LogP contribution in [0.3, 0.4) is 0 Å². The van der Waals surface area contributed by atoms with Crippen LogP contribution in [0.5, 0.6) is 0 Å². The number of ether oxygens (including phenoxy) is 1. The number of alkyl halides is 1. The zero-order chi connectivity index (χ0) is 8.69. The zero-order valence-electron chi connectivity index (χ0n) is 7.10. The Hall–Kier alpha value is -0.0500. The molecule has 0 fully saturated rings. The topological polar surface area (TPSA) is 26.3 Å². The van der Waals surface area contributed by atoms with Crippen molar-refractivity contribution in [2.45, 2.75) is 26.7 Å². The Labute approximate surface area is 76.4 Å². The maximum atomic E-state index is 10.9. The summed E-state index contributed by atoms with van der Waals surface area (Å²) in [6, 6.07) is 0. The number of carbonyl (C=O) groups excluding carboxylic acids is 1. The molecular formula is C8H15BrO2. The normalized spacial score (nSPS) is 12.6. The summed E-state index contributed by atoms with van der Waals surface area (Å²) in [6.07, 6.45) is 1.57. The molecule has 0 aromatic rings. The lowest BCUT2D eigenvalue weighted by molar-refractivity contribution is -0.144. The highest BCUT2D eigenvalue weighted by atomic mass is 79.9. The first-order chi connectivity index (χ1) is 5.20. The van der Waals surface area contributed by atoms with E-state index in [9.17, 15) is 4.79 Å². The average molecular weight is 223 g/mol. The van der Waals surface area contributed by atoms with Crippen molar-refractivity contribution >= 4 is 21.9 Å². The van der Waals surface area contributed by atoms with Gasteiger partial charge in [-0.05, 0) is 19.3 Å². The van der Waals surface area contributed by atoms with Crippen LogP contribution in [0.4, 0.5) is 0 Å². The van der Waals surface area contributed by atoms with Gasteiger partial charge >= 0.3 is 5.97 Å². The predicted octanol–water partition coefficient (Wildman–Crippen LogP) is 2.36. The highest BCUT2D eigenvalue weighted by Crippen LogP contribution is 2.09. The first kappa shape index (κ1) is 11.0. The third-order valence-corrected chi connectivity index (χ3v) is 1.88. The van der Waals surface area contributed by atoms with Crippen molar-refractivity contribution in [3.05, 3.63) is 0 Å². The molecule has 66 valence electrons. The highest BCUT2D eigenvalue weighted by molar-refractivity contribution is 9.09. The Balaban J connectivity index is 3.40. The van der Waals surface area contributed by atoms with E-state index >= 15 is 0 Å². The molecule has 0 rings (SSSR count). The number of halogens is 1. The lowest BCUT2D eigenvalue weighted by Crippen LogP contribution is -2.09. The van der Waals surface area contributed by atoms with Gasteiger partial charge in [-0.2, -0.15) is 0 Å². The lowest BCUT2D eigenvalue weighted by Gasteiger charge is -2.07. The predicted molar refractivity (Wildman–Crippen MR) is 48.8 cm³/mol. The monoisotopic (exact) mass is 222 g/mol. The van der Waals surface area contributed by atoms with Crippen molar-refractivity contribution in [2.75, 3.05) is 11.9 Å². The van der Waals surface area contributed by atoms with Crippen LogP contribution in [-0.4, -0.2) is 17.9 Å². The van der Waals surface area contributed by atoms with Gasteiger partial charge in [-0.15, -0.1) is 0 Å². The molecule has 0 radical (unpaired) electrons. The summed E-state index contributed by atoms with van der Waals surface area (Å²) in [5, 5.41) is 0.952. The van der Waals surface area contributed by atoms with Crippen molar-refractivity contribution in [3.63, 3.8) is 0 Å². The maximum Gasteiger partial charge on any atom is 0.306 e. The molecule has 0 aromatic carbocycles. The molecule has 1 unspecified atom stereocenters. The van der Waals surface area contributed by atoms with E-state index in [0.29, 0.717) is 18.9 Å². The van der Waals surface area contributed by atoms with Crippen molar-refractivity contribution in [1.29, 1.82) is 0 Å². The first-order valence-corrected chi connectivity index (χ1v) is 5.04. The second kappa shape index (κ2) is 6.65. The standard InChI is InChI=1S/C8H15BrO2/c1-3-11-8(10)6-7(2)4-5-9/h7H,3-6H2,1-2H3. The Kier molecular flexibility index (Phi) is 6.62. The smallest absolute Gasteiger partial charge is 0.306 e. The van der Waals surface area contributed by atoms with Crippen LogP contribution in [0, 0.1) is 5.92 Å². The molecule has 0 aromatic heterocycles. The van der Waals surface area contributed by atoms with Gasteiger partial charge in [0.25, 0.3) is 0 Å². The van der Waals surface area contributed by atoms with E-state index in [1.54, 1.807) is 0 Å². The fraction of sp³-hybridized carbons (Fsp3) is 0.875. The zero-order valence-corrected chi connectivity index (χ0v) is 8.69. The minimum atomic E-state index is -0.0825. The van der Waals surface area contributed by atoms with Gasteiger partial charge in [0.1, 0.15) is 0 Å². The van der Waals surface area contributed by atoms with E-state index in [2.05, 4.69) is 22.9 Å². The molecule has 0 aliphatic rings.